The molecule has 1 N–H and O–H groups in total. The molecule has 106 valence electrons. The first kappa shape index (κ1) is 14.3. The summed E-state index contributed by atoms with van der Waals surface area (Å²) in [6.07, 6.45) is 4.25. The molecule has 3 nitrogen and oxygen atoms in total. The summed E-state index contributed by atoms with van der Waals surface area (Å²) in [5.74, 6) is 1.08. The van der Waals surface area contributed by atoms with Gasteiger partial charge in [-0.2, -0.15) is 0 Å². The Labute approximate surface area is 115 Å². The molecular formula is C15H24FN3. The minimum absolute atomic E-state index is 0.168. The molecule has 0 atom stereocenters. The van der Waals surface area contributed by atoms with Crippen LogP contribution in [0.2, 0.25) is 0 Å². The van der Waals surface area contributed by atoms with E-state index in [4.69, 9.17) is 0 Å². The zero-order valence-corrected chi connectivity index (χ0v) is 12.1. The lowest BCUT2D eigenvalue weighted by Gasteiger charge is -2.23. The second kappa shape index (κ2) is 6.33. The number of aromatic nitrogens is 1. The van der Waals surface area contributed by atoms with Gasteiger partial charge < -0.3 is 10.2 Å². The maximum Gasteiger partial charge on any atom is 0.170 e. The van der Waals surface area contributed by atoms with Crippen LogP contribution in [0.5, 0.6) is 0 Å². The number of pyridine rings is 1. The lowest BCUT2D eigenvalue weighted by Crippen LogP contribution is -2.28. The van der Waals surface area contributed by atoms with Crippen LogP contribution in [0, 0.1) is 11.7 Å². The van der Waals surface area contributed by atoms with Crippen molar-refractivity contribution in [3.63, 3.8) is 0 Å². The first-order valence-electron chi connectivity index (χ1n) is 7.23. The molecule has 0 unspecified atom stereocenters. The van der Waals surface area contributed by atoms with Crippen molar-refractivity contribution in [2.45, 2.75) is 46.2 Å². The Balaban J connectivity index is 2.12. The highest BCUT2D eigenvalue weighted by Crippen LogP contribution is 2.31. The van der Waals surface area contributed by atoms with Gasteiger partial charge in [-0.15, -0.1) is 0 Å². The summed E-state index contributed by atoms with van der Waals surface area (Å²) < 4.78 is 14.5. The molecule has 0 amide bonds. The van der Waals surface area contributed by atoms with Gasteiger partial charge in [0.1, 0.15) is 0 Å². The fourth-order valence-electron chi connectivity index (χ4n) is 2.12. The number of nitrogens with zero attached hydrogens (tertiary/aromatic N) is 2. The Morgan fingerprint density at radius 2 is 2.21 bits per heavy atom. The second-order valence-corrected chi connectivity index (χ2v) is 5.63. The molecule has 0 saturated heterocycles. The van der Waals surface area contributed by atoms with Crippen molar-refractivity contribution in [3.05, 3.63) is 23.6 Å². The van der Waals surface area contributed by atoms with Crippen LogP contribution in [0.15, 0.2) is 12.3 Å². The van der Waals surface area contributed by atoms with E-state index in [1.165, 1.54) is 12.8 Å². The summed E-state index contributed by atoms with van der Waals surface area (Å²) in [5, 5.41) is 3.25. The van der Waals surface area contributed by atoms with Gasteiger partial charge in [-0.05, 0) is 31.7 Å². The van der Waals surface area contributed by atoms with Gasteiger partial charge in [0, 0.05) is 37.4 Å². The highest BCUT2D eigenvalue weighted by atomic mass is 19.1. The average Bonchev–Trinajstić information content (AvgIpc) is 3.19. The van der Waals surface area contributed by atoms with Crippen LogP contribution in [0.25, 0.3) is 0 Å². The van der Waals surface area contributed by atoms with Gasteiger partial charge >= 0.3 is 0 Å². The van der Waals surface area contributed by atoms with Gasteiger partial charge in [-0.25, -0.2) is 9.37 Å². The molecule has 4 heteroatoms. The van der Waals surface area contributed by atoms with E-state index >= 15 is 0 Å². The Hall–Kier alpha value is -1.16. The normalized spacial score (nSPS) is 15.0. The maximum absolute atomic E-state index is 14.5. The van der Waals surface area contributed by atoms with E-state index in [2.05, 4.69) is 36.0 Å². The zero-order valence-electron chi connectivity index (χ0n) is 12.1. The maximum atomic E-state index is 14.5. The van der Waals surface area contributed by atoms with Gasteiger partial charge in [0.2, 0.25) is 0 Å². The lowest BCUT2D eigenvalue weighted by molar-refractivity contribution is 0.546. The van der Waals surface area contributed by atoms with Crippen LogP contribution in [0.3, 0.4) is 0 Å². The molecule has 1 aromatic rings. The van der Waals surface area contributed by atoms with Crippen LogP contribution in [0.4, 0.5) is 10.2 Å². The number of hydrogen-bond acceptors (Lipinski definition) is 3. The molecule has 0 radical (unpaired) electrons. The van der Waals surface area contributed by atoms with Gasteiger partial charge in [-0.1, -0.05) is 13.8 Å². The minimum atomic E-state index is -0.168. The lowest BCUT2D eigenvalue weighted by atomic mass is 10.2. The van der Waals surface area contributed by atoms with E-state index < -0.39 is 0 Å². The number of nitrogens with one attached hydrogen (secondary N) is 1. The Kier molecular flexibility index (Phi) is 4.75. The quantitative estimate of drug-likeness (QED) is 0.821. The summed E-state index contributed by atoms with van der Waals surface area (Å²) in [6, 6.07) is 2.11. The van der Waals surface area contributed by atoms with Crippen LogP contribution in [-0.2, 0) is 6.54 Å². The molecule has 0 bridgehead atoms. The summed E-state index contributed by atoms with van der Waals surface area (Å²) in [4.78, 5) is 6.30. The molecule has 1 heterocycles. The van der Waals surface area contributed by atoms with Crippen LogP contribution in [0.1, 0.15) is 39.2 Å². The minimum Gasteiger partial charge on any atom is -0.354 e. The van der Waals surface area contributed by atoms with Gasteiger partial charge in [0.15, 0.2) is 11.6 Å². The van der Waals surface area contributed by atoms with Gasteiger partial charge in [-0.3, -0.25) is 0 Å². The molecule has 1 aliphatic rings. The number of rotatable bonds is 7. The van der Waals surface area contributed by atoms with Crippen molar-refractivity contribution in [1.29, 1.82) is 0 Å². The highest BCUT2D eigenvalue weighted by molar-refractivity contribution is 5.43. The molecule has 1 saturated carbocycles. The van der Waals surface area contributed by atoms with Crippen molar-refractivity contribution >= 4 is 5.82 Å². The van der Waals surface area contributed by atoms with Crippen molar-refractivity contribution in [3.8, 4) is 0 Å². The summed E-state index contributed by atoms with van der Waals surface area (Å²) in [5.41, 5.74) is 0.702. The topological polar surface area (TPSA) is 28.2 Å². The number of hydrogen-bond donors (Lipinski definition) is 1. The molecule has 1 aromatic heterocycles. The third-order valence-corrected chi connectivity index (χ3v) is 3.51. The predicted octanol–water partition coefficient (Wildman–Crippen LogP) is 2.96. The molecule has 19 heavy (non-hydrogen) atoms. The molecule has 0 aliphatic heterocycles. The van der Waals surface area contributed by atoms with Crippen molar-refractivity contribution in [1.82, 2.24) is 10.3 Å². The summed E-state index contributed by atoms with van der Waals surface area (Å²) in [7, 11) is 0. The van der Waals surface area contributed by atoms with E-state index in [1.54, 1.807) is 12.3 Å². The van der Waals surface area contributed by atoms with Crippen LogP contribution >= 0.6 is 0 Å². The van der Waals surface area contributed by atoms with E-state index in [0.29, 0.717) is 24.0 Å². The average molecular weight is 265 g/mol. The third-order valence-electron chi connectivity index (χ3n) is 3.51. The smallest absolute Gasteiger partial charge is 0.170 e. The SMILES string of the molecule is CCN(CC1CC1)c1nccc(CNC(C)C)c1F. The molecule has 0 aromatic carbocycles. The van der Waals surface area contributed by atoms with E-state index in [9.17, 15) is 4.39 Å². The number of anilines is 1. The summed E-state index contributed by atoms with van der Waals surface area (Å²) in [6.45, 7) is 8.47. The monoisotopic (exact) mass is 265 g/mol. The second-order valence-electron chi connectivity index (χ2n) is 5.63. The van der Waals surface area contributed by atoms with Crippen LogP contribution in [-0.4, -0.2) is 24.1 Å². The van der Waals surface area contributed by atoms with Gasteiger partial charge in [0.05, 0.1) is 0 Å². The third kappa shape index (κ3) is 3.90. The zero-order chi connectivity index (χ0) is 13.8. The first-order valence-corrected chi connectivity index (χ1v) is 7.23. The largest absolute Gasteiger partial charge is 0.354 e. The number of halogens is 1. The van der Waals surface area contributed by atoms with Crippen molar-refractivity contribution in [2.24, 2.45) is 5.92 Å². The molecule has 0 spiro atoms. The highest BCUT2D eigenvalue weighted by Gasteiger charge is 2.26. The Morgan fingerprint density at radius 1 is 1.47 bits per heavy atom. The Morgan fingerprint density at radius 3 is 2.79 bits per heavy atom. The predicted molar refractivity (Wildman–Crippen MR) is 76.8 cm³/mol. The molecular weight excluding hydrogens is 241 g/mol. The van der Waals surface area contributed by atoms with Gasteiger partial charge in [0.25, 0.3) is 0 Å². The first-order chi connectivity index (χ1) is 9.11. The molecule has 1 fully saturated rings. The summed E-state index contributed by atoms with van der Waals surface area (Å²) >= 11 is 0. The van der Waals surface area contributed by atoms with Crippen LogP contribution < -0.4 is 10.2 Å². The molecule has 1 aliphatic carbocycles. The molecule has 2 rings (SSSR count). The standard InChI is InChI=1S/C15H24FN3/c1-4-19(10-12-5-6-12)15-14(16)13(7-8-17-15)9-18-11(2)3/h7-8,11-12,18H,4-6,9-10H2,1-3H3. The fraction of sp³-hybridized carbons (Fsp3) is 0.667. The Bertz CT molecular complexity index is 416. The van der Waals surface area contributed by atoms with Crippen molar-refractivity contribution < 1.29 is 4.39 Å². The fourth-order valence-corrected chi connectivity index (χ4v) is 2.12. The van der Waals surface area contributed by atoms with E-state index in [0.717, 1.165) is 19.0 Å². The van der Waals surface area contributed by atoms with E-state index in [-0.39, 0.29) is 5.82 Å². The van der Waals surface area contributed by atoms with E-state index in [1.807, 2.05) is 0 Å². The van der Waals surface area contributed by atoms with Crippen molar-refractivity contribution in [2.75, 3.05) is 18.0 Å².